The van der Waals surface area contributed by atoms with Gasteiger partial charge in [0.25, 0.3) is 0 Å². The number of ketones is 1. The van der Waals surface area contributed by atoms with Gasteiger partial charge in [0, 0.05) is 17.7 Å². The first-order chi connectivity index (χ1) is 12.1. The minimum absolute atomic E-state index is 0.0679. The van der Waals surface area contributed by atoms with Gasteiger partial charge in [-0.3, -0.25) is 9.59 Å². The number of nitrogens with one attached hydrogen (secondary N) is 1. The highest BCUT2D eigenvalue weighted by molar-refractivity contribution is 6.02. The zero-order chi connectivity index (χ0) is 19.5. The number of carbonyl (C=O) groups is 4. The molecule has 0 aliphatic carbocycles. The molecule has 1 amide bonds. The molecule has 1 atom stereocenters. The summed E-state index contributed by atoms with van der Waals surface area (Å²) in [5.41, 5.74) is 6.56. The summed E-state index contributed by atoms with van der Waals surface area (Å²) in [5.74, 6) is -2.45. The summed E-state index contributed by atoms with van der Waals surface area (Å²) in [6.45, 7) is 4.39. The third-order valence-corrected chi connectivity index (χ3v) is 3.58. The fourth-order valence-electron chi connectivity index (χ4n) is 2.33. The van der Waals surface area contributed by atoms with Gasteiger partial charge < -0.3 is 20.5 Å². The lowest BCUT2D eigenvalue weighted by atomic mass is 9.99. The van der Waals surface area contributed by atoms with Crippen molar-refractivity contribution in [3.8, 4) is 0 Å². The van der Waals surface area contributed by atoms with Crippen LogP contribution < -0.4 is 11.1 Å². The van der Waals surface area contributed by atoms with E-state index in [2.05, 4.69) is 5.32 Å². The number of Topliss-reactive ketones (excluding diaryl/α,β-unsaturated/α-hetero) is 1. The van der Waals surface area contributed by atoms with Crippen LogP contribution in [0, 0.1) is 0 Å². The first kappa shape index (κ1) is 19.6. The van der Waals surface area contributed by atoms with Gasteiger partial charge in [0.05, 0.1) is 0 Å². The van der Waals surface area contributed by atoms with Crippen LogP contribution in [-0.4, -0.2) is 41.9 Å². The molecule has 1 aliphatic heterocycles. The average molecular weight is 362 g/mol. The van der Waals surface area contributed by atoms with Crippen molar-refractivity contribution in [3.63, 3.8) is 0 Å². The van der Waals surface area contributed by atoms with Crippen LogP contribution in [0.2, 0.25) is 0 Å². The predicted octanol–water partition coefficient (Wildman–Crippen LogP) is 0.966. The summed E-state index contributed by atoms with van der Waals surface area (Å²) in [5, 5.41) is 2.72. The summed E-state index contributed by atoms with van der Waals surface area (Å²) in [6, 6.07) is 3.21. The van der Waals surface area contributed by atoms with Crippen molar-refractivity contribution >= 4 is 29.3 Å². The summed E-state index contributed by atoms with van der Waals surface area (Å²) < 4.78 is 9.83. The zero-order valence-electron chi connectivity index (χ0n) is 15.0. The first-order valence-corrected chi connectivity index (χ1v) is 8.18. The van der Waals surface area contributed by atoms with Gasteiger partial charge in [-0.05, 0) is 51.0 Å². The summed E-state index contributed by atoms with van der Waals surface area (Å²) in [7, 11) is 0. The van der Waals surface area contributed by atoms with Gasteiger partial charge in [0.1, 0.15) is 5.60 Å². The average Bonchev–Trinajstić information content (AvgIpc) is 2.56. The lowest BCUT2D eigenvalue weighted by Gasteiger charge is -2.21. The number of hydrogen-bond donors (Lipinski definition) is 2. The summed E-state index contributed by atoms with van der Waals surface area (Å²) in [4.78, 5) is 47.1. The number of aryl methyl sites for hydroxylation is 1. The number of amides is 1. The minimum Gasteiger partial charge on any atom is -0.458 e. The largest absolute Gasteiger partial charge is 0.458 e. The van der Waals surface area contributed by atoms with Crippen LogP contribution in [0.25, 0.3) is 0 Å². The molecule has 1 aliphatic rings. The van der Waals surface area contributed by atoms with E-state index in [4.69, 9.17) is 15.2 Å². The number of carbonyl (C=O) groups excluding carboxylic acids is 4. The molecule has 1 unspecified atom stereocenters. The topological polar surface area (TPSA) is 125 Å². The van der Waals surface area contributed by atoms with E-state index in [0.717, 1.165) is 5.56 Å². The van der Waals surface area contributed by atoms with Gasteiger partial charge in [0.2, 0.25) is 11.9 Å². The Morgan fingerprint density at radius 2 is 1.88 bits per heavy atom. The Morgan fingerprint density at radius 1 is 1.19 bits per heavy atom. The van der Waals surface area contributed by atoms with Crippen LogP contribution in [0.5, 0.6) is 0 Å². The Labute approximate surface area is 151 Å². The number of fused-ring (bicyclic) bond motifs is 1. The van der Waals surface area contributed by atoms with Crippen molar-refractivity contribution in [3.05, 3.63) is 29.3 Å². The SMILES string of the molecule is CC(C)(C)OC(=O)C(N)C(=O)OCC(=O)c1ccc2c(c1)CCC(=O)N2. The molecule has 8 nitrogen and oxygen atoms in total. The fraction of sp³-hybridized carbons (Fsp3) is 0.444. The second-order valence-electron chi connectivity index (χ2n) is 6.96. The number of esters is 2. The van der Waals surface area contributed by atoms with Crippen molar-refractivity contribution in [2.45, 2.75) is 45.3 Å². The van der Waals surface area contributed by atoms with Crippen LogP contribution in [0.4, 0.5) is 5.69 Å². The summed E-state index contributed by atoms with van der Waals surface area (Å²) in [6.07, 6.45) is 0.885. The first-order valence-electron chi connectivity index (χ1n) is 8.18. The molecule has 26 heavy (non-hydrogen) atoms. The molecular formula is C18H22N2O6. The van der Waals surface area contributed by atoms with Crippen molar-refractivity contribution in [1.29, 1.82) is 0 Å². The fourth-order valence-corrected chi connectivity index (χ4v) is 2.33. The van der Waals surface area contributed by atoms with Gasteiger partial charge in [-0.1, -0.05) is 0 Å². The maximum Gasteiger partial charge on any atom is 0.335 e. The highest BCUT2D eigenvalue weighted by Crippen LogP contribution is 2.23. The smallest absolute Gasteiger partial charge is 0.335 e. The second-order valence-corrected chi connectivity index (χ2v) is 6.96. The van der Waals surface area contributed by atoms with E-state index in [-0.39, 0.29) is 5.91 Å². The highest BCUT2D eigenvalue weighted by Gasteiger charge is 2.29. The van der Waals surface area contributed by atoms with Gasteiger partial charge in [-0.25, -0.2) is 9.59 Å². The number of ether oxygens (including phenoxy) is 2. The maximum absolute atomic E-state index is 12.2. The van der Waals surface area contributed by atoms with Gasteiger partial charge >= 0.3 is 11.9 Å². The lowest BCUT2D eigenvalue weighted by molar-refractivity contribution is -0.163. The van der Waals surface area contributed by atoms with Gasteiger partial charge in [0.15, 0.2) is 12.4 Å². The van der Waals surface area contributed by atoms with E-state index in [9.17, 15) is 19.2 Å². The van der Waals surface area contributed by atoms with Gasteiger partial charge in [-0.15, -0.1) is 0 Å². The van der Waals surface area contributed by atoms with Crippen molar-refractivity contribution in [2.75, 3.05) is 11.9 Å². The van der Waals surface area contributed by atoms with Crippen LogP contribution >= 0.6 is 0 Å². The standard InChI is InChI=1S/C18H22N2O6/c1-18(2,3)26-17(24)15(19)16(23)25-9-13(21)11-4-6-12-10(8-11)5-7-14(22)20-12/h4,6,8,15H,5,7,9,19H2,1-3H3,(H,20,22). The molecule has 1 aromatic carbocycles. The third kappa shape index (κ3) is 5.13. The Kier molecular flexibility index (Phi) is 5.76. The Hall–Kier alpha value is -2.74. The molecule has 1 heterocycles. The quantitative estimate of drug-likeness (QED) is 0.454. The molecule has 140 valence electrons. The number of nitrogens with two attached hydrogens (primary N) is 1. The highest BCUT2D eigenvalue weighted by atomic mass is 16.6. The predicted molar refractivity (Wildman–Crippen MR) is 92.5 cm³/mol. The third-order valence-electron chi connectivity index (χ3n) is 3.58. The van der Waals surface area contributed by atoms with Gasteiger partial charge in [-0.2, -0.15) is 0 Å². The Morgan fingerprint density at radius 3 is 2.54 bits per heavy atom. The lowest BCUT2D eigenvalue weighted by Crippen LogP contribution is -2.44. The van der Waals surface area contributed by atoms with Crippen molar-refractivity contribution in [1.82, 2.24) is 0 Å². The Bertz CT molecular complexity index is 751. The molecule has 0 bridgehead atoms. The van der Waals surface area contributed by atoms with Crippen LogP contribution in [0.3, 0.4) is 0 Å². The molecule has 3 N–H and O–H groups in total. The molecule has 0 aromatic heterocycles. The zero-order valence-corrected chi connectivity index (χ0v) is 15.0. The van der Waals surface area contributed by atoms with E-state index in [0.29, 0.717) is 24.1 Å². The minimum atomic E-state index is -1.61. The molecule has 0 saturated heterocycles. The van der Waals surface area contributed by atoms with Crippen LogP contribution in [0.15, 0.2) is 18.2 Å². The maximum atomic E-state index is 12.2. The molecule has 8 heteroatoms. The van der Waals surface area contributed by atoms with Crippen molar-refractivity contribution < 1.29 is 28.7 Å². The molecular weight excluding hydrogens is 340 g/mol. The molecule has 0 radical (unpaired) electrons. The number of hydrogen-bond acceptors (Lipinski definition) is 7. The molecule has 0 spiro atoms. The normalized spacial score (nSPS) is 14.7. The molecule has 0 saturated carbocycles. The van der Waals surface area contributed by atoms with E-state index >= 15 is 0 Å². The van der Waals surface area contributed by atoms with E-state index < -0.39 is 36.0 Å². The Balaban J connectivity index is 1.93. The molecule has 1 aromatic rings. The number of anilines is 1. The monoisotopic (exact) mass is 362 g/mol. The van der Waals surface area contributed by atoms with Crippen LogP contribution in [-0.2, 0) is 30.3 Å². The number of rotatable bonds is 5. The number of benzene rings is 1. The van der Waals surface area contributed by atoms with Crippen LogP contribution in [0.1, 0.15) is 43.1 Å². The van der Waals surface area contributed by atoms with E-state index in [1.807, 2.05) is 0 Å². The van der Waals surface area contributed by atoms with Crippen molar-refractivity contribution in [2.24, 2.45) is 5.73 Å². The van der Waals surface area contributed by atoms with E-state index in [1.54, 1.807) is 32.9 Å². The van der Waals surface area contributed by atoms with E-state index in [1.165, 1.54) is 6.07 Å². The molecule has 0 fully saturated rings. The summed E-state index contributed by atoms with van der Waals surface area (Å²) >= 11 is 0. The molecule has 2 rings (SSSR count). The second kappa shape index (κ2) is 7.65.